The maximum Gasteiger partial charge on any atom is 0.155 e. The van der Waals surface area contributed by atoms with Crippen LogP contribution in [0.15, 0.2) is 30.3 Å². The van der Waals surface area contributed by atoms with E-state index in [1.165, 1.54) is 5.56 Å². The molecule has 0 amide bonds. The smallest absolute Gasteiger partial charge is 0.155 e. The summed E-state index contributed by atoms with van der Waals surface area (Å²) in [5.74, 6) is 0. The minimum Gasteiger partial charge on any atom is -0.350 e. The van der Waals surface area contributed by atoms with Crippen LogP contribution in [0.2, 0.25) is 0 Å². The van der Waals surface area contributed by atoms with Gasteiger partial charge in [0.05, 0.1) is 6.61 Å². The second kappa shape index (κ2) is 3.25. The minimum absolute atomic E-state index is 0.0600. The molecule has 0 aliphatic carbocycles. The normalized spacial score (nSPS) is 29.1. The van der Waals surface area contributed by atoms with Gasteiger partial charge in [0, 0.05) is 0 Å². The Morgan fingerprint density at radius 1 is 1.25 bits per heavy atom. The summed E-state index contributed by atoms with van der Waals surface area (Å²) in [7, 11) is 0. The first-order valence-corrected chi connectivity index (χ1v) is 4.18. The Bertz CT molecular complexity index is 245. The monoisotopic (exact) mass is 164 g/mol. The van der Waals surface area contributed by atoms with Crippen LogP contribution in [0.25, 0.3) is 0 Å². The average Bonchev–Trinajstić information content (AvgIpc) is 2.54. The lowest BCUT2D eigenvalue weighted by molar-refractivity contribution is -0.0426. The van der Waals surface area contributed by atoms with Crippen molar-refractivity contribution in [3.63, 3.8) is 0 Å². The standard InChI is InChI=1S/C10H12O2/c1-8-11-7-10(12-8)9-5-3-2-4-6-9/h2-6,8,10H,7H2,1H3/t8-,10+/m1/s1. The molecule has 0 radical (unpaired) electrons. The summed E-state index contributed by atoms with van der Waals surface area (Å²) in [4.78, 5) is 0. The summed E-state index contributed by atoms with van der Waals surface area (Å²) in [6.45, 7) is 2.59. The van der Waals surface area contributed by atoms with E-state index >= 15 is 0 Å². The second-order valence-corrected chi connectivity index (χ2v) is 2.94. The predicted octanol–water partition coefficient (Wildman–Crippen LogP) is 2.12. The van der Waals surface area contributed by atoms with Crippen molar-refractivity contribution >= 4 is 0 Å². The Kier molecular flexibility index (Phi) is 2.11. The number of benzene rings is 1. The fourth-order valence-corrected chi connectivity index (χ4v) is 1.38. The van der Waals surface area contributed by atoms with Gasteiger partial charge in [-0.2, -0.15) is 0 Å². The van der Waals surface area contributed by atoms with Crippen LogP contribution >= 0.6 is 0 Å². The summed E-state index contributed by atoms with van der Waals surface area (Å²) in [5.41, 5.74) is 1.20. The van der Waals surface area contributed by atoms with Crippen molar-refractivity contribution in [1.82, 2.24) is 0 Å². The minimum atomic E-state index is -0.0600. The molecular formula is C10H12O2. The second-order valence-electron chi connectivity index (χ2n) is 2.94. The van der Waals surface area contributed by atoms with E-state index in [0.29, 0.717) is 6.61 Å². The van der Waals surface area contributed by atoms with Crippen LogP contribution in [0.1, 0.15) is 18.6 Å². The zero-order valence-electron chi connectivity index (χ0n) is 7.07. The van der Waals surface area contributed by atoms with Crippen LogP contribution in [0.3, 0.4) is 0 Å². The first kappa shape index (κ1) is 7.77. The third-order valence-electron chi connectivity index (χ3n) is 2.01. The van der Waals surface area contributed by atoms with Crippen LogP contribution < -0.4 is 0 Å². The van der Waals surface area contributed by atoms with Crippen LogP contribution in [0.4, 0.5) is 0 Å². The summed E-state index contributed by atoms with van der Waals surface area (Å²) in [6.07, 6.45) is 0.0661. The fourth-order valence-electron chi connectivity index (χ4n) is 1.38. The van der Waals surface area contributed by atoms with Gasteiger partial charge in [0.15, 0.2) is 6.29 Å². The van der Waals surface area contributed by atoms with Crippen LogP contribution in [-0.4, -0.2) is 12.9 Å². The van der Waals surface area contributed by atoms with Crippen molar-refractivity contribution in [2.45, 2.75) is 19.3 Å². The van der Waals surface area contributed by atoms with Gasteiger partial charge in [0.25, 0.3) is 0 Å². The molecule has 0 saturated carbocycles. The van der Waals surface area contributed by atoms with Crippen LogP contribution in [-0.2, 0) is 9.47 Å². The molecule has 2 atom stereocenters. The molecule has 1 heterocycles. The van der Waals surface area contributed by atoms with Gasteiger partial charge in [0.1, 0.15) is 6.10 Å². The first-order chi connectivity index (χ1) is 5.86. The maximum absolute atomic E-state index is 5.53. The van der Waals surface area contributed by atoms with Gasteiger partial charge >= 0.3 is 0 Å². The molecule has 0 bridgehead atoms. The van der Waals surface area contributed by atoms with E-state index in [1.54, 1.807) is 0 Å². The van der Waals surface area contributed by atoms with Crippen LogP contribution in [0.5, 0.6) is 0 Å². The lowest BCUT2D eigenvalue weighted by Crippen LogP contribution is -2.01. The molecule has 2 rings (SSSR count). The molecular weight excluding hydrogens is 152 g/mol. The lowest BCUT2D eigenvalue weighted by Gasteiger charge is -2.07. The highest BCUT2D eigenvalue weighted by molar-refractivity contribution is 5.18. The Hall–Kier alpha value is -0.860. The quantitative estimate of drug-likeness (QED) is 0.633. The van der Waals surface area contributed by atoms with Crippen molar-refractivity contribution in [2.75, 3.05) is 6.61 Å². The van der Waals surface area contributed by atoms with Gasteiger partial charge in [-0.05, 0) is 12.5 Å². The molecule has 12 heavy (non-hydrogen) atoms. The molecule has 0 N–H and O–H groups in total. The Morgan fingerprint density at radius 3 is 2.58 bits per heavy atom. The lowest BCUT2D eigenvalue weighted by atomic mass is 10.1. The molecule has 1 aliphatic rings. The Balaban J connectivity index is 2.11. The van der Waals surface area contributed by atoms with Gasteiger partial charge in [-0.3, -0.25) is 0 Å². The molecule has 0 aromatic heterocycles. The number of hydrogen-bond donors (Lipinski definition) is 0. The van der Waals surface area contributed by atoms with Crippen molar-refractivity contribution in [3.05, 3.63) is 35.9 Å². The van der Waals surface area contributed by atoms with Crippen LogP contribution in [0, 0.1) is 0 Å². The molecule has 1 fully saturated rings. The highest BCUT2D eigenvalue weighted by Gasteiger charge is 2.23. The first-order valence-electron chi connectivity index (χ1n) is 4.18. The number of rotatable bonds is 1. The van der Waals surface area contributed by atoms with Gasteiger partial charge < -0.3 is 9.47 Å². The highest BCUT2D eigenvalue weighted by Crippen LogP contribution is 2.25. The predicted molar refractivity (Wildman–Crippen MR) is 45.7 cm³/mol. The van der Waals surface area contributed by atoms with E-state index in [1.807, 2.05) is 25.1 Å². The molecule has 1 aromatic carbocycles. The van der Waals surface area contributed by atoms with E-state index in [4.69, 9.17) is 9.47 Å². The van der Waals surface area contributed by atoms with Gasteiger partial charge in [-0.1, -0.05) is 30.3 Å². The Morgan fingerprint density at radius 2 is 2.00 bits per heavy atom. The number of ether oxygens (including phenoxy) is 2. The molecule has 1 aromatic rings. The van der Waals surface area contributed by atoms with Gasteiger partial charge in [0.2, 0.25) is 0 Å². The van der Waals surface area contributed by atoms with Crippen molar-refractivity contribution in [1.29, 1.82) is 0 Å². The van der Waals surface area contributed by atoms with E-state index in [9.17, 15) is 0 Å². The fraction of sp³-hybridized carbons (Fsp3) is 0.400. The van der Waals surface area contributed by atoms with Crippen molar-refractivity contribution in [3.8, 4) is 0 Å². The SMILES string of the molecule is C[C@@H]1OC[C@@H](c2ccccc2)O1. The largest absolute Gasteiger partial charge is 0.350 e. The average molecular weight is 164 g/mol. The summed E-state index contributed by atoms with van der Waals surface area (Å²) >= 11 is 0. The van der Waals surface area contributed by atoms with E-state index in [-0.39, 0.29) is 12.4 Å². The topological polar surface area (TPSA) is 18.5 Å². The summed E-state index contributed by atoms with van der Waals surface area (Å²) < 4.78 is 10.8. The molecule has 0 spiro atoms. The molecule has 1 aliphatic heterocycles. The van der Waals surface area contributed by atoms with Gasteiger partial charge in [-0.15, -0.1) is 0 Å². The highest BCUT2D eigenvalue weighted by atomic mass is 16.7. The molecule has 2 heteroatoms. The summed E-state index contributed by atoms with van der Waals surface area (Å²) in [5, 5.41) is 0. The third kappa shape index (κ3) is 1.49. The molecule has 0 unspecified atom stereocenters. The molecule has 1 saturated heterocycles. The van der Waals surface area contributed by atoms with Crippen molar-refractivity contribution in [2.24, 2.45) is 0 Å². The number of hydrogen-bond acceptors (Lipinski definition) is 2. The van der Waals surface area contributed by atoms with E-state index in [2.05, 4.69) is 12.1 Å². The maximum atomic E-state index is 5.53. The molecule has 2 nitrogen and oxygen atoms in total. The Labute approximate surface area is 72.1 Å². The molecule has 64 valence electrons. The van der Waals surface area contributed by atoms with E-state index in [0.717, 1.165) is 0 Å². The zero-order valence-corrected chi connectivity index (χ0v) is 7.07. The third-order valence-corrected chi connectivity index (χ3v) is 2.01. The van der Waals surface area contributed by atoms with Gasteiger partial charge in [-0.25, -0.2) is 0 Å². The van der Waals surface area contributed by atoms with Crippen molar-refractivity contribution < 1.29 is 9.47 Å². The van der Waals surface area contributed by atoms with E-state index < -0.39 is 0 Å². The zero-order chi connectivity index (χ0) is 8.39. The summed E-state index contributed by atoms with van der Waals surface area (Å²) in [6, 6.07) is 10.2.